The van der Waals surface area contributed by atoms with E-state index in [4.69, 9.17) is 16.3 Å². The standard InChI is InChI=1S/C20H21ClFN3O2/c1-27-13-20(26)23-11-5-10-19-24-17-8-2-3-9-18(17)25(19)12-14-15(21)6-4-7-16(14)22/h2-4,6-9H,5,10-13H2,1H3,(H,23,26). The number of imidazole rings is 1. The molecule has 2 aromatic carbocycles. The van der Waals surface area contributed by atoms with E-state index in [9.17, 15) is 9.18 Å². The van der Waals surface area contributed by atoms with Gasteiger partial charge in [0.2, 0.25) is 5.91 Å². The SMILES string of the molecule is COCC(=O)NCCCc1nc2ccccc2n1Cc1c(F)cccc1Cl. The molecule has 1 aromatic heterocycles. The first-order valence-corrected chi connectivity index (χ1v) is 9.10. The van der Waals surface area contributed by atoms with Crippen LogP contribution in [0.5, 0.6) is 0 Å². The summed E-state index contributed by atoms with van der Waals surface area (Å²) in [6.07, 6.45) is 1.36. The molecule has 5 nitrogen and oxygen atoms in total. The molecule has 0 aliphatic heterocycles. The van der Waals surface area contributed by atoms with Crippen molar-refractivity contribution >= 4 is 28.5 Å². The number of nitrogens with zero attached hydrogens (tertiary/aromatic N) is 2. The molecule has 0 aliphatic rings. The summed E-state index contributed by atoms with van der Waals surface area (Å²) < 4.78 is 21.0. The van der Waals surface area contributed by atoms with Gasteiger partial charge in [-0.2, -0.15) is 0 Å². The second kappa shape index (κ2) is 8.97. The molecule has 0 atom stereocenters. The zero-order valence-electron chi connectivity index (χ0n) is 15.0. The van der Waals surface area contributed by atoms with Gasteiger partial charge in [-0.1, -0.05) is 29.8 Å². The fourth-order valence-electron chi connectivity index (χ4n) is 2.99. The fourth-order valence-corrected chi connectivity index (χ4v) is 3.21. The summed E-state index contributed by atoms with van der Waals surface area (Å²) in [5, 5.41) is 3.19. The third-order valence-corrected chi connectivity index (χ3v) is 4.64. The van der Waals surface area contributed by atoms with Crippen molar-refractivity contribution in [1.82, 2.24) is 14.9 Å². The predicted molar refractivity (Wildman–Crippen MR) is 103 cm³/mol. The van der Waals surface area contributed by atoms with Crippen molar-refractivity contribution in [2.45, 2.75) is 19.4 Å². The average molecular weight is 390 g/mol. The molecule has 0 fully saturated rings. The van der Waals surface area contributed by atoms with Gasteiger partial charge in [-0.25, -0.2) is 9.37 Å². The summed E-state index contributed by atoms with van der Waals surface area (Å²) in [7, 11) is 1.48. The number of aryl methyl sites for hydroxylation is 1. The summed E-state index contributed by atoms with van der Waals surface area (Å²) in [6.45, 7) is 0.869. The Balaban J connectivity index is 1.81. The fraction of sp³-hybridized carbons (Fsp3) is 0.300. The first-order valence-electron chi connectivity index (χ1n) is 8.73. The zero-order valence-corrected chi connectivity index (χ0v) is 15.8. The van der Waals surface area contributed by atoms with Crippen LogP contribution in [0.25, 0.3) is 11.0 Å². The Bertz CT molecular complexity index is 922. The topological polar surface area (TPSA) is 56.1 Å². The minimum atomic E-state index is -0.335. The maximum atomic E-state index is 14.3. The van der Waals surface area contributed by atoms with Crippen molar-refractivity contribution in [2.75, 3.05) is 20.3 Å². The largest absolute Gasteiger partial charge is 0.375 e. The smallest absolute Gasteiger partial charge is 0.245 e. The van der Waals surface area contributed by atoms with Crippen molar-refractivity contribution < 1.29 is 13.9 Å². The molecule has 142 valence electrons. The molecule has 0 bridgehead atoms. The van der Waals surface area contributed by atoms with Crippen molar-refractivity contribution in [3.8, 4) is 0 Å². The van der Waals surface area contributed by atoms with Gasteiger partial charge in [0.1, 0.15) is 18.2 Å². The lowest BCUT2D eigenvalue weighted by molar-refractivity contribution is -0.124. The highest BCUT2D eigenvalue weighted by Crippen LogP contribution is 2.24. The highest BCUT2D eigenvalue weighted by molar-refractivity contribution is 6.31. The van der Waals surface area contributed by atoms with Gasteiger partial charge in [0.05, 0.1) is 17.6 Å². The molecule has 3 rings (SSSR count). The molecule has 0 spiro atoms. The summed E-state index contributed by atoms with van der Waals surface area (Å²) >= 11 is 6.21. The van der Waals surface area contributed by atoms with E-state index >= 15 is 0 Å². The summed E-state index contributed by atoms with van der Waals surface area (Å²) in [4.78, 5) is 16.1. The van der Waals surface area contributed by atoms with Crippen LogP contribution in [0.3, 0.4) is 0 Å². The first-order chi connectivity index (χ1) is 13.1. The quantitative estimate of drug-likeness (QED) is 0.599. The Kier molecular flexibility index (Phi) is 6.42. The van der Waals surface area contributed by atoms with Crippen molar-refractivity contribution in [3.05, 3.63) is 64.7 Å². The van der Waals surface area contributed by atoms with Gasteiger partial charge >= 0.3 is 0 Å². The van der Waals surface area contributed by atoms with Crippen LogP contribution in [0.4, 0.5) is 4.39 Å². The molecule has 0 aliphatic carbocycles. The number of hydrogen-bond acceptors (Lipinski definition) is 3. The lowest BCUT2D eigenvalue weighted by Crippen LogP contribution is -2.28. The predicted octanol–water partition coefficient (Wildman–Crippen LogP) is 3.57. The zero-order chi connectivity index (χ0) is 19.2. The number of carbonyl (C=O) groups excluding carboxylic acids is 1. The molecular weight excluding hydrogens is 369 g/mol. The van der Waals surface area contributed by atoms with Crippen LogP contribution in [-0.2, 0) is 22.5 Å². The van der Waals surface area contributed by atoms with E-state index in [1.807, 2.05) is 28.8 Å². The van der Waals surface area contributed by atoms with E-state index in [-0.39, 0.29) is 18.3 Å². The second-order valence-electron chi connectivity index (χ2n) is 6.19. The lowest BCUT2D eigenvalue weighted by atomic mass is 10.2. The highest BCUT2D eigenvalue weighted by atomic mass is 35.5. The average Bonchev–Trinajstić information content (AvgIpc) is 3.00. The highest BCUT2D eigenvalue weighted by Gasteiger charge is 2.14. The number of hydrogen-bond donors (Lipinski definition) is 1. The third-order valence-electron chi connectivity index (χ3n) is 4.29. The van der Waals surface area contributed by atoms with Gasteiger partial charge in [-0.15, -0.1) is 0 Å². The number of halogens is 2. The van der Waals surface area contributed by atoms with E-state index in [1.165, 1.54) is 13.2 Å². The number of amides is 1. The van der Waals surface area contributed by atoms with Crippen LogP contribution in [-0.4, -0.2) is 35.7 Å². The molecule has 7 heteroatoms. The minimum absolute atomic E-state index is 0.0459. The number of benzene rings is 2. The second-order valence-corrected chi connectivity index (χ2v) is 6.60. The van der Waals surface area contributed by atoms with Gasteiger partial charge in [0.25, 0.3) is 0 Å². The van der Waals surface area contributed by atoms with Crippen LogP contribution < -0.4 is 5.32 Å². The van der Waals surface area contributed by atoms with Gasteiger partial charge < -0.3 is 14.6 Å². The number of para-hydroxylation sites is 2. The van der Waals surface area contributed by atoms with E-state index in [1.54, 1.807) is 12.1 Å². The summed E-state index contributed by atoms with van der Waals surface area (Å²) in [5.74, 6) is 0.346. The number of aromatic nitrogens is 2. The van der Waals surface area contributed by atoms with Gasteiger partial charge in [-0.3, -0.25) is 4.79 Å². The van der Waals surface area contributed by atoms with E-state index in [2.05, 4.69) is 10.3 Å². The van der Waals surface area contributed by atoms with E-state index in [0.717, 1.165) is 16.9 Å². The molecule has 1 N–H and O–H groups in total. The molecule has 27 heavy (non-hydrogen) atoms. The normalized spacial score (nSPS) is 11.1. The molecule has 3 aromatic rings. The molecule has 1 heterocycles. The summed E-state index contributed by atoms with van der Waals surface area (Å²) in [5.41, 5.74) is 2.22. The van der Waals surface area contributed by atoms with E-state index in [0.29, 0.717) is 36.5 Å². The third kappa shape index (κ3) is 4.64. The maximum absolute atomic E-state index is 14.3. The van der Waals surface area contributed by atoms with Crippen LogP contribution in [0.2, 0.25) is 5.02 Å². The summed E-state index contributed by atoms with van der Waals surface area (Å²) in [6, 6.07) is 12.4. The number of carbonyl (C=O) groups is 1. The Hall–Kier alpha value is -2.44. The van der Waals surface area contributed by atoms with Crippen molar-refractivity contribution in [2.24, 2.45) is 0 Å². The van der Waals surface area contributed by atoms with Crippen LogP contribution in [0.1, 0.15) is 17.8 Å². The van der Waals surface area contributed by atoms with Crippen LogP contribution in [0.15, 0.2) is 42.5 Å². The number of methoxy groups -OCH3 is 1. The molecule has 0 saturated carbocycles. The van der Waals surface area contributed by atoms with Crippen LogP contribution >= 0.6 is 11.6 Å². The molecular formula is C20H21ClFN3O2. The lowest BCUT2D eigenvalue weighted by Gasteiger charge is -2.12. The molecule has 0 unspecified atom stereocenters. The molecule has 1 amide bonds. The Labute approximate surface area is 162 Å². The van der Waals surface area contributed by atoms with Crippen molar-refractivity contribution in [1.29, 1.82) is 0 Å². The number of nitrogens with one attached hydrogen (secondary N) is 1. The van der Waals surface area contributed by atoms with Crippen molar-refractivity contribution in [3.63, 3.8) is 0 Å². The number of ether oxygens (including phenoxy) is 1. The number of fused-ring (bicyclic) bond motifs is 1. The van der Waals surface area contributed by atoms with E-state index < -0.39 is 0 Å². The molecule has 0 saturated heterocycles. The van der Waals surface area contributed by atoms with Crippen LogP contribution in [0, 0.1) is 5.82 Å². The first kappa shape index (κ1) is 19.3. The maximum Gasteiger partial charge on any atom is 0.245 e. The van der Waals surface area contributed by atoms with Gasteiger partial charge in [-0.05, 0) is 30.7 Å². The Morgan fingerprint density at radius 3 is 2.85 bits per heavy atom. The molecule has 0 radical (unpaired) electrons. The monoisotopic (exact) mass is 389 g/mol. The van der Waals surface area contributed by atoms with Gasteiger partial charge in [0.15, 0.2) is 0 Å². The minimum Gasteiger partial charge on any atom is -0.375 e. The Morgan fingerprint density at radius 1 is 1.26 bits per heavy atom. The Morgan fingerprint density at radius 2 is 2.07 bits per heavy atom. The van der Waals surface area contributed by atoms with Gasteiger partial charge in [0, 0.05) is 30.7 Å². The number of rotatable bonds is 8.